The van der Waals surface area contributed by atoms with Crippen molar-refractivity contribution in [1.29, 1.82) is 0 Å². The standard InChI is InChI=1S/C15H14O6.C3H6O/c16-8-4-11(18)9-6-13(20)15(21-14(9)5-8)7-1-2-10(17)12(19)3-7;1-3(2)4/h1-5,13,15-20H,6H2;1-2H3/t13-,15+;/m0./s1. The molecule has 1 heterocycles. The van der Waals surface area contributed by atoms with Crippen molar-refractivity contribution in [3.63, 3.8) is 0 Å². The summed E-state index contributed by atoms with van der Waals surface area (Å²) in [4.78, 5) is 9.44. The number of ether oxygens (including phenoxy) is 1. The van der Waals surface area contributed by atoms with E-state index in [9.17, 15) is 30.3 Å². The van der Waals surface area contributed by atoms with Gasteiger partial charge in [-0.05, 0) is 31.5 Å². The van der Waals surface area contributed by atoms with Crippen LogP contribution in [0.5, 0.6) is 28.7 Å². The fourth-order valence-electron chi connectivity index (χ4n) is 2.47. The fraction of sp³-hybridized carbons (Fsp3) is 0.278. The Morgan fingerprint density at radius 2 is 1.64 bits per heavy atom. The molecule has 0 unspecified atom stereocenters. The Kier molecular flexibility index (Phi) is 5.38. The van der Waals surface area contributed by atoms with E-state index in [2.05, 4.69) is 0 Å². The van der Waals surface area contributed by atoms with Crippen molar-refractivity contribution < 1.29 is 35.1 Å². The summed E-state index contributed by atoms with van der Waals surface area (Å²) in [5.74, 6) is -0.422. The largest absolute Gasteiger partial charge is 0.508 e. The number of ketones is 1. The van der Waals surface area contributed by atoms with Gasteiger partial charge in [0.15, 0.2) is 11.5 Å². The normalized spacial score (nSPS) is 18.4. The summed E-state index contributed by atoms with van der Waals surface area (Å²) < 4.78 is 5.62. The van der Waals surface area contributed by atoms with Crippen LogP contribution in [0.25, 0.3) is 0 Å². The number of aromatic hydroxyl groups is 4. The number of aliphatic hydroxyl groups excluding tert-OH is 1. The van der Waals surface area contributed by atoms with Crippen LogP contribution in [0, 0.1) is 0 Å². The lowest BCUT2D eigenvalue weighted by atomic mass is 9.94. The first-order chi connectivity index (χ1) is 11.7. The Morgan fingerprint density at radius 3 is 2.24 bits per heavy atom. The number of phenols is 4. The van der Waals surface area contributed by atoms with E-state index in [1.54, 1.807) is 0 Å². The van der Waals surface area contributed by atoms with Crippen molar-refractivity contribution in [3.05, 3.63) is 41.5 Å². The SMILES string of the molecule is CC(C)=O.Oc1cc(O)c2c(c1)O[C@H](c1ccc(O)c(O)c1)[C@@H](O)C2. The minimum absolute atomic E-state index is 0.143. The molecule has 7 nitrogen and oxygen atoms in total. The molecule has 1 aliphatic heterocycles. The summed E-state index contributed by atoms with van der Waals surface area (Å²) in [5, 5.41) is 48.3. The Hall–Kier alpha value is -2.93. The second-order valence-corrected chi connectivity index (χ2v) is 5.91. The minimum Gasteiger partial charge on any atom is -0.508 e. The van der Waals surface area contributed by atoms with Crippen LogP contribution in [0.15, 0.2) is 30.3 Å². The minimum atomic E-state index is -0.933. The van der Waals surface area contributed by atoms with Gasteiger partial charge in [0.2, 0.25) is 0 Å². The first-order valence-corrected chi connectivity index (χ1v) is 7.57. The number of fused-ring (bicyclic) bond motifs is 1. The molecule has 0 fully saturated rings. The van der Waals surface area contributed by atoms with Crippen molar-refractivity contribution in [2.75, 3.05) is 0 Å². The lowest BCUT2D eigenvalue weighted by Crippen LogP contribution is -2.30. The highest BCUT2D eigenvalue weighted by molar-refractivity contribution is 5.72. The van der Waals surface area contributed by atoms with Crippen LogP contribution in [-0.4, -0.2) is 37.4 Å². The number of phenolic OH excluding ortho intramolecular Hbond substituents is 4. The average Bonchev–Trinajstić information content (AvgIpc) is 2.50. The van der Waals surface area contributed by atoms with E-state index < -0.39 is 12.2 Å². The number of hydrogen-bond donors (Lipinski definition) is 5. The number of benzene rings is 2. The van der Waals surface area contributed by atoms with Crippen LogP contribution >= 0.6 is 0 Å². The summed E-state index contributed by atoms with van der Waals surface area (Å²) >= 11 is 0. The molecular formula is C18H20O7. The molecule has 2 atom stereocenters. The van der Waals surface area contributed by atoms with E-state index >= 15 is 0 Å². The van der Waals surface area contributed by atoms with Gasteiger partial charge in [0, 0.05) is 24.1 Å². The number of hydrogen-bond acceptors (Lipinski definition) is 7. The summed E-state index contributed by atoms with van der Waals surface area (Å²) in [6.45, 7) is 3.06. The van der Waals surface area contributed by atoms with Crippen molar-refractivity contribution in [1.82, 2.24) is 0 Å². The molecular weight excluding hydrogens is 328 g/mol. The van der Waals surface area contributed by atoms with Crippen molar-refractivity contribution in [2.24, 2.45) is 0 Å². The van der Waals surface area contributed by atoms with E-state index in [4.69, 9.17) is 4.74 Å². The van der Waals surface area contributed by atoms with Gasteiger partial charge in [0.1, 0.15) is 29.1 Å². The monoisotopic (exact) mass is 348 g/mol. The Bertz CT molecular complexity index is 781. The molecule has 3 rings (SSSR count). The first-order valence-electron chi connectivity index (χ1n) is 7.57. The van der Waals surface area contributed by atoms with Crippen LogP contribution in [0.4, 0.5) is 0 Å². The van der Waals surface area contributed by atoms with Gasteiger partial charge in [0.25, 0.3) is 0 Å². The molecule has 1 aliphatic rings. The van der Waals surface area contributed by atoms with Gasteiger partial charge >= 0.3 is 0 Å². The molecule has 0 aromatic heterocycles. The number of carbonyl (C=O) groups excluding carboxylic acids is 1. The molecule has 2 aromatic carbocycles. The predicted octanol–water partition coefficient (Wildman–Crippen LogP) is 2.14. The fourth-order valence-corrected chi connectivity index (χ4v) is 2.47. The number of carbonyl (C=O) groups is 1. The lowest BCUT2D eigenvalue weighted by Gasteiger charge is -2.31. The van der Waals surface area contributed by atoms with Crippen LogP contribution in [0.3, 0.4) is 0 Å². The van der Waals surface area contributed by atoms with Crippen LogP contribution in [0.1, 0.15) is 31.1 Å². The van der Waals surface area contributed by atoms with E-state index in [1.165, 1.54) is 44.2 Å². The topological polar surface area (TPSA) is 127 Å². The highest BCUT2D eigenvalue weighted by atomic mass is 16.5. The molecule has 5 N–H and O–H groups in total. The molecule has 2 aromatic rings. The molecule has 0 radical (unpaired) electrons. The van der Waals surface area contributed by atoms with Gasteiger partial charge in [-0.3, -0.25) is 0 Å². The van der Waals surface area contributed by atoms with Crippen molar-refractivity contribution in [2.45, 2.75) is 32.5 Å². The molecule has 0 saturated carbocycles. The smallest absolute Gasteiger partial charge is 0.157 e. The second kappa shape index (κ2) is 7.31. The lowest BCUT2D eigenvalue weighted by molar-refractivity contribution is -0.115. The zero-order valence-corrected chi connectivity index (χ0v) is 13.8. The van der Waals surface area contributed by atoms with Gasteiger partial charge < -0.3 is 35.1 Å². The summed E-state index contributed by atoms with van der Waals surface area (Å²) in [6.07, 6.45) is -1.56. The molecule has 0 saturated heterocycles. The van der Waals surface area contributed by atoms with Gasteiger partial charge in [-0.1, -0.05) is 6.07 Å². The third kappa shape index (κ3) is 4.33. The summed E-state index contributed by atoms with van der Waals surface area (Å²) in [7, 11) is 0. The summed E-state index contributed by atoms with van der Waals surface area (Å²) in [6, 6.07) is 6.67. The van der Waals surface area contributed by atoms with Gasteiger partial charge in [-0.25, -0.2) is 0 Å². The molecule has 0 bridgehead atoms. The van der Waals surface area contributed by atoms with Crippen LogP contribution < -0.4 is 4.74 Å². The van der Waals surface area contributed by atoms with E-state index in [1.807, 2.05) is 0 Å². The highest BCUT2D eigenvalue weighted by Gasteiger charge is 2.32. The number of rotatable bonds is 1. The Labute approximate surface area is 144 Å². The zero-order chi connectivity index (χ0) is 18.7. The van der Waals surface area contributed by atoms with E-state index in [-0.39, 0.29) is 41.0 Å². The van der Waals surface area contributed by atoms with Crippen LogP contribution in [-0.2, 0) is 11.2 Å². The van der Waals surface area contributed by atoms with Crippen LogP contribution in [0.2, 0.25) is 0 Å². The molecule has 25 heavy (non-hydrogen) atoms. The van der Waals surface area contributed by atoms with E-state index in [0.29, 0.717) is 11.1 Å². The maximum Gasteiger partial charge on any atom is 0.157 e. The third-order valence-electron chi connectivity index (χ3n) is 3.51. The first kappa shape index (κ1) is 18.4. The quantitative estimate of drug-likeness (QED) is 0.500. The number of Topliss-reactive ketones (excluding diaryl/α,β-unsaturated/α-hetero) is 1. The Morgan fingerprint density at radius 1 is 1.00 bits per heavy atom. The second-order valence-electron chi connectivity index (χ2n) is 5.91. The molecule has 7 heteroatoms. The molecule has 0 spiro atoms. The van der Waals surface area contributed by atoms with Gasteiger partial charge in [-0.2, -0.15) is 0 Å². The van der Waals surface area contributed by atoms with Gasteiger partial charge in [-0.15, -0.1) is 0 Å². The Balaban J connectivity index is 0.000000511. The summed E-state index contributed by atoms with van der Waals surface area (Å²) in [5.41, 5.74) is 0.894. The average molecular weight is 348 g/mol. The molecule has 134 valence electrons. The zero-order valence-electron chi connectivity index (χ0n) is 13.8. The number of aliphatic hydroxyl groups is 1. The molecule has 0 amide bonds. The maximum atomic E-state index is 10.2. The maximum absolute atomic E-state index is 10.2. The van der Waals surface area contributed by atoms with Crippen molar-refractivity contribution in [3.8, 4) is 28.7 Å². The van der Waals surface area contributed by atoms with Crippen molar-refractivity contribution >= 4 is 5.78 Å². The van der Waals surface area contributed by atoms with E-state index in [0.717, 1.165) is 0 Å². The highest BCUT2D eigenvalue weighted by Crippen LogP contribution is 2.42. The molecule has 0 aliphatic carbocycles. The predicted molar refractivity (Wildman–Crippen MR) is 89.0 cm³/mol. The third-order valence-corrected chi connectivity index (χ3v) is 3.51. The van der Waals surface area contributed by atoms with Gasteiger partial charge in [0.05, 0.1) is 6.10 Å².